The van der Waals surface area contributed by atoms with E-state index in [1.807, 2.05) is 47.4 Å². The van der Waals surface area contributed by atoms with Crippen molar-refractivity contribution in [2.45, 2.75) is 45.7 Å². The Morgan fingerprint density at radius 2 is 1.93 bits per heavy atom. The number of hydrogen-bond acceptors (Lipinski definition) is 2. The van der Waals surface area contributed by atoms with E-state index in [-0.39, 0.29) is 17.9 Å². The minimum Gasteiger partial charge on any atom is -0.332 e. The number of carbonyl (C=O) groups is 2. The first-order valence-corrected chi connectivity index (χ1v) is 9.90. The van der Waals surface area contributed by atoms with Crippen molar-refractivity contribution in [2.75, 3.05) is 5.32 Å². The molecule has 4 nitrogen and oxygen atoms in total. The highest BCUT2D eigenvalue weighted by molar-refractivity contribution is 5.88. The number of carbonyl (C=O) groups excluding carboxylic acids is 2. The van der Waals surface area contributed by atoms with E-state index in [2.05, 4.69) is 36.5 Å². The molecule has 0 bridgehead atoms. The quantitative estimate of drug-likeness (QED) is 0.684. The summed E-state index contributed by atoms with van der Waals surface area (Å²) in [5, 5.41) is 2.83. The Balaban J connectivity index is 1.83. The number of amides is 2. The minimum atomic E-state index is -0.102. The van der Waals surface area contributed by atoms with Gasteiger partial charge in [0.1, 0.15) is 0 Å². The second-order valence-electron chi connectivity index (χ2n) is 7.46. The summed E-state index contributed by atoms with van der Waals surface area (Å²) in [4.78, 5) is 26.5. The molecule has 3 rings (SSSR count). The number of nitrogens with one attached hydrogen (secondary N) is 1. The Morgan fingerprint density at radius 3 is 2.61 bits per heavy atom. The van der Waals surface area contributed by atoms with E-state index in [0.29, 0.717) is 18.9 Å². The van der Waals surface area contributed by atoms with Gasteiger partial charge < -0.3 is 10.2 Å². The summed E-state index contributed by atoms with van der Waals surface area (Å²) in [5.41, 5.74) is 2.88. The van der Waals surface area contributed by atoms with Gasteiger partial charge in [-0.2, -0.15) is 0 Å². The minimum absolute atomic E-state index is 0.0909. The molecule has 28 heavy (non-hydrogen) atoms. The highest BCUT2D eigenvalue weighted by Gasteiger charge is 2.25. The molecule has 146 valence electrons. The zero-order valence-corrected chi connectivity index (χ0v) is 16.6. The first kappa shape index (κ1) is 19.9. The van der Waals surface area contributed by atoms with Crippen molar-refractivity contribution in [2.24, 2.45) is 5.92 Å². The summed E-state index contributed by atoms with van der Waals surface area (Å²) in [5.74, 6) is 0.400. The number of benzene rings is 2. The lowest BCUT2D eigenvalue weighted by Gasteiger charge is -2.31. The van der Waals surface area contributed by atoms with E-state index in [1.54, 1.807) is 0 Å². The molecule has 1 N–H and O–H groups in total. The lowest BCUT2D eigenvalue weighted by molar-refractivity contribution is -0.134. The normalized spacial score (nSPS) is 16.6. The molecule has 1 aliphatic rings. The third kappa shape index (κ3) is 5.32. The fourth-order valence-electron chi connectivity index (χ4n) is 3.69. The Labute approximate surface area is 167 Å². The number of allylic oxidation sites excluding steroid dienone is 2. The zero-order valence-electron chi connectivity index (χ0n) is 16.6. The fourth-order valence-corrected chi connectivity index (χ4v) is 3.69. The molecule has 0 aromatic heterocycles. The monoisotopic (exact) mass is 376 g/mol. The van der Waals surface area contributed by atoms with Gasteiger partial charge in [-0.3, -0.25) is 9.59 Å². The van der Waals surface area contributed by atoms with Gasteiger partial charge in [0, 0.05) is 25.6 Å². The van der Waals surface area contributed by atoms with E-state index >= 15 is 0 Å². The molecule has 4 heteroatoms. The summed E-state index contributed by atoms with van der Waals surface area (Å²) < 4.78 is 0. The van der Waals surface area contributed by atoms with Crippen LogP contribution < -0.4 is 5.32 Å². The second-order valence-corrected chi connectivity index (χ2v) is 7.46. The topological polar surface area (TPSA) is 49.4 Å². The summed E-state index contributed by atoms with van der Waals surface area (Å²) in [6.45, 7) is 4.12. The van der Waals surface area contributed by atoms with Gasteiger partial charge >= 0.3 is 0 Å². The van der Waals surface area contributed by atoms with Crippen LogP contribution in [-0.4, -0.2) is 16.7 Å². The predicted molar refractivity (Wildman–Crippen MR) is 113 cm³/mol. The second kappa shape index (κ2) is 9.36. The third-order valence-corrected chi connectivity index (χ3v) is 5.22. The SMILES string of the molecule is CC(=O)Nc1cccc(C(C)N(Cc2ccccc2)C(=O)CC2C=CCC2)c1. The number of hydrogen-bond donors (Lipinski definition) is 1. The summed E-state index contributed by atoms with van der Waals surface area (Å²) in [7, 11) is 0. The molecule has 1 aliphatic carbocycles. The van der Waals surface area contributed by atoms with Crippen LogP contribution in [0.2, 0.25) is 0 Å². The maximum absolute atomic E-state index is 13.2. The number of anilines is 1. The van der Waals surface area contributed by atoms with Gasteiger partial charge in [0.05, 0.1) is 6.04 Å². The van der Waals surface area contributed by atoms with Gasteiger partial charge in [0.25, 0.3) is 0 Å². The van der Waals surface area contributed by atoms with Crippen LogP contribution in [0.3, 0.4) is 0 Å². The molecular formula is C24H28N2O2. The Hall–Kier alpha value is -2.88. The molecule has 2 aromatic carbocycles. The molecule has 0 spiro atoms. The van der Waals surface area contributed by atoms with E-state index in [4.69, 9.17) is 0 Å². The maximum Gasteiger partial charge on any atom is 0.223 e. The molecule has 0 saturated carbocycles. The van der Waals surface area contributed by atoms with Crippen molar-refractivity contribution < 1.29 is 9.59 Å². The first-order chi connectivity index (χ1) is 13.5. The predicted octanol–water partition coefficient (Wildman–Crippen LogP) is 5.09. The Bertz CT molecular complexity index is 845. The van der Waals surface area contributed by atoms with Crippen LogP contribution in [0, 0.1) is 5.92 Å². The highest BCUT2D eigenvalue weighted by Crippen LogP contribution is 2.28. The van der Waals surface area contributed by atoms with Crippen LogP contribution in [0.4, 0.5) is 5.69 Å². The molecular weight excluding hydrogens is 348 g/mol. The molecule has 0 heterocycles. The standard InChI is InChI=1S/C24H28N2O2/c1-18(22-13-8-14-23(16-22)25-19(2)27)26(17-21-11-4-3-5-12-21)24(28)15-20-9-6-7-10-20/h3-6,8-9,11-14,16,18,20H,7,10,15,17H2,1-2H3,(H,25,27). The van der Waals surface area contributed by atoms with Crippen LogP contribution >= 0.6 is 0 Å². The molecule has 2 amide bonds. The van der Waals surface area contributed by atoms with Crippen LogP contribution in [0.25, 0.3) is 0 Å². The van der Waals surface area contributed by atoms with Gasteiger partial charge in [0.15, 0.2) is 0 Å². The molecule has 2 aromatic rings. The number of rotatable bonds is 7. The van der Waals surface area contributed by atoms with Crippen molar-refractivity contribution in [3.8, 4) is 0 Å². The van der Waals surface area contributed by atoms with Gasteiger partial charge in [-0.25, -0.2) is 0 Å². The van der Waals surface area contributed by atoms with Crippen LogP contribution in [0.15, 0.2) is 66.7 Å². The van der Waals surface area contributed by atoms with Crippen LogP contribution in [0.1, 0.15) is 50.3 Å². The van der Waals surface area contributed by atoms with Crippen molar-refractivity contribution in [1.82, 2.24) is 4.90 Å². The summed E-state index contributed by atoms with van der Waals surface area (Å²) in [6.07, 6.45) is 6.99. The van der Waals surface area contributed by atoms with Crippen molar-refractivity contribution in [1.29, 1.82) is 0 Å². The number of nitrogens with zero attached hydrogens (tertiary/aromatic N) is 1. The third-order valence-electron chi connectivity index (χ3n) is 5.22. The van der Waals surface area contributed by atoms with E-state index < -0.39 is 0 Å². The van der Waals surface area contributed by atoms with Gasteiger partial charge in [-0.15, -0.1) is 0 Å². The molecule has 0 radical (unpaired) electrons. The van der Waals surface area contributed by atoms with Crippen molar-refractivity contribution in [3.63, 3.8) is 0 Å². The van der Waals surface area contributed by atoms with E-state index in [0.717, 1.165) is 29.7 Å². The largest absolute Gasteiger partial charge is 0.332 e. The smallest absolute Gasteiger partial charge is 0.223 e. The molecule has 2 atom stereocenters. The van der Waals surface area contributed by atoms with Gasteiger partial charge in [-0.1, -0.05) is 54.6 Å². The van der Waals surface area contributed by atoms with E-state index in [9.17, 15) is 9.59 Å². The lowest BCUT2D eigenvalue weighted by Crippen LogP contribution is -2.34. The van der Waals surface area contributed by atoms with Gasteiger partial charge in [0.2, 0.25) is 11.8 Å². The average Bonchev–Trinajstić information content (AvgIpc) is 3.19. The summed E-state index contributed by atoms with van der Waals surface area (Å²) in [6, 6.07) is 17.7. The Morgan fingerprint density at radius 1 is 1.14 bits per heavy atom. The molecule has 2 unspecified atom stereocenters. The Kier molecular flexibility index (Phi) is 6.64. The zero-order chi connectivity index (χ0) is 19.9. The average molecular weight is 377 g/mol. The van der Waals surface area contributed by atoms with Crippen LogP contribution in [0.5, 0.6) is 0 Å². The molecule has 0 fully saturated rings. The maximum atomic E-state index is 13.2. The van der Waals surface area contributed by atoms with Crippen LogP contribution in [-0.2, 0) is 16.1 Å². The fraction of sp³-hybridized carbons (Fsp3) is 0.333. The van der Waals surface area contributed by atoms with Crippen molar-refractivity contribution >= 4 is 17.5 Å². The van der Waals surface area contributed by atoms with E-state index in [1.165, 1.54) is 6.92 Å². The highest BCUT2D eigenvalue weighted by atomic mass is 16.2. The molecule has 0 saturated heterocycles. The molecule has 0 aliphatic heterocycles. The lowest BCUT2D eigenvalue weighted by atomic mass is 10.0. The first-order valence-electron chi connectivity index (χ1n) is 9.90. The van der Waals surface area contributed by atoms with Crippen molar-refractivity contribution in [3.05, 3.63) is 77.9 Å². The summed E-state index contributed by atoms with van der Waals surface area (Å²) >= 11 is 0. The van der Waals surface area contributed by atoms with Gasteiger partial charge in [-0.05, 0) is 48.9 Å².